The molecule has 6 heteroatoms. The number of methoxy groups -OCH3 is 1. The molecule has 0 spiro atoms. The van der Waals surface area contributed by atoms with Gasteiger partial charge in [0, 0.05) is 22.0 Å². The molecule has 0 aliphatic heterocycles. The molecule has 5 nitrogen and oxygen atoms in total. The molecule has 1 aromatic heterocycles. The van der Waals surface area contributed by atoms with Crippen LogP contribution < -0.4 is 10.3 Å². The van der Waals surface area contributed by atoms with E-state index < -0.39 is 0 Å². The Labute approximate surface area is 148 Å². The first-order valence-electron chi connectivity index (χ1n) is 7.54. The van der Waals surface area contributed by atoms with E-state index in [1.165, 1.54) is 4.68 Å². The molecule has 0 radical (unpaired) electrons. The van der Waals surface area contributed by atoms with Crippen LogP contribution in [0.3, 0.4) is 0 Å². The van der Waals surface area contributed by atoms with E-state index in [0.29, 0.717) is 18.6 Å². The van der Waals surface area contributed by atoms with Crippen molar-refractivity contribution in [1.82, 2.24) is 14.7 Å². The van der Waals surface area contributed by atoms with Crippen LogP contribution >= 0.6 is 15.9 Å². The molecule has 1 heterocycles. The number of fused-ring (bicyclic) bond motifs is 1. The van der Waals surface area contributed by atoms with Crippen molar-refractivity contribution in [2.45, 2.75) is 13.2 Å². The Bertz CT molecular complexity index is 924. The third kappa shape index (κ3) is 3.49. The number of hydrogen-bond donors (Lipinski definition) is 0. The maximum atomic E-state index is 12.5. The van der Waals surface area contributed by atoms with Crippen molar-refractivity contribution in [2.75, 3.05) is 14.2 Å². The van der Waals surface area contributed by atoms with E-state index in [9.17, 15) is 4.79 Å². The van der Waals surface area contributed by atoms with Crippen LogP contribution in [0.2, 0.25) is 0 Å². The smallest absolute Gasteiger partial charge is 0.275 e. The predicted molar refractivity (Wildman–Crippen MR) is 98.2 cm³/mol. The summed E-state index contributed by atoms with van der Waals surface area (Å²) in [4.78, 5) is 14.6. The van der Waals surface area contributed by atoms with Gasteiger partial charge in [0.05, 0.1) is 25.4 Å². The van der Waals surface area contributed by atoms with Gasteiger partial charge >= 0.3 is 0 Å². The molecule has 0 saturated carbocycles. The molecule has 0 amide bonds. The fraction of sp³-hybridized carbons (Fsp3) is 0.222. The molecule has 3 rings (SSSR count). The zero-order valence-electron chi connectivity index (χ0n) is 13.6. The van der Waals surface area contributed by atoms with Crippen LogP contribution in [0.25, 0.3) is 10.8 Å². The summed E-state index contributed by atoms with van der Waals surface area (Å²) in [5, 5.41) is 5.81. The second kappa shape index (κ2) is 7.15. The summed E-state index contributed by atoms with van der Waals surface area (Å²) in [6, 6.07) is 13.4. The summed E-state index contributed by atoms with van der Waals surface area (Å²) in [5.74, 6) is 0.823. The van der Waals surface area contributed by atoms with Gasteiger partial charge in [0.15, 0.2) is 0 Å². The molecule has 2 aromatic carbocycles. The maximum absolute atomic E-state index is 12.5. The first kappa shape index (κ1) is 16.7. The molecule has 0 aliphatic rings. The van der Waals surface area contributed by atoms with Gasteiger partial charge in [0.1, 0.15) is 5.75 Å². The van der Waals surface area contributed by atoms with Gasteiger partial charge in [0.25, 0.3) is 5.56 Å². The number of ether oxygens (including phenoxy) is 1. The van der Waals surface area contributed by atoms with Crippen molar-refractivity contribution < 1.29 is 4.74 Å². The van der Waals surface area contributed by atoms with Crippen LogP contribution in [-0.4, -0.2) is 28.8 Å². The summed E-state index contributed by atoms with van der Waals surface area (Å²) < 4.78 is 7.87. The van der Waals surface area contributed by atoms with Crippen LogP contribution in [0.1, 0.15) is 5.56 Å². The Morgan fingerprint density at radius 2 is 2.04 bits per heavy atom. The minimum atomic E-state index is -0.0823. The van der Waals surface area contributed by atoms with Gasteiger partial charge < -0.3 is 4.74 Å². The standard InChI is InChI=1S/C18H18BrN3O2/c1-21(11-14-9-15(19)7-8-17(14)24-2)12-22-18(23)16-6-4-3-5-13(16)10-20-22/h3-10H,11-12H2,1-2H3. The first-order chi connectivity index (χ1) is 11.6. The third-order valence-corrected chi connectivity index (χ3v) is 4.31. The van der Waals surface area contributed by atoms with Crippen molar-refractivity contribution in [2.24, 2.45) is 0 Å². The molecule has 0 unspecified atom stereocenters. The Balaban J connectivity index is 1.83. The minimum absolute atomic E-state index is 0.0823. The number of rotatable bonds is 5. The second-order valence-electron chi connectivity index (χ2n) is 5.65. The molecule has 0 atom stereocenters. The molecular formula is C18H18BrN3O2. The van der Waals surface area contributed by atoms with Gasteiger partial charge in [-0.3, -0.25) is 9.69 Å². The Kier molecular flexibility index (Phi) is 4.97. The fourth-order valence-corrected chi connectivity index (χ4v) is 3.08. The van der Waals surface area contributed by atoms with E-state index in [0.717, 1.165) is 21.2 Å². The van der Waals surface area contributed by atoms with E-state index in [4.69, 9.17) is 4.74 Å². The zero-order valence-corrected chi connectivity index (χ0v) is 15.2. The molecule has 124 valence electrons. The first-order valence-corrected chi connectivity index (χ1v) is 8.33. The molecule has 24 heavy (non-hydrogen) atoms. The highest BCUT2D eigenvalue weighted by Crippen LogP contribution is 2.24. The largest absolute Gasteiger partial charge is 0.496 e. The zero-order chi connectivity index (χ0) is 17.1. The molecular weight excluding hydrogens is 370 g/mol. The van der Waals surface area contributed by atoms with Gasteiger partial charge in [-0.1, -0.05) is 34.1 Å². The Morgan fingerprint density at radius 1 is 1.25 bits per heavy atom. The topological polar surface area (TPSA) is 47.4 Å². The lowest BCUT2D eigenvalue weighted by Gasteiger charge is -2.19. The van der Waals surface area contributed by atoms with Crippen molar-refractivity contribution in [1.29, 1.82) is 0 Å². The number of nitrogens with zero attached hydrogens (tertiary/aromatic N) is 3. The van der Waals surface area contributed by atoms with Crippen LogP contribution in [-0.2, 0) is 13.2 Å². The minimum Gasteiger partial charge on any atom is -0.496 e. The fourth-order valence-electron chi connectivity index (χ4n) is 2.67. The lowest BCUT2D eigenvalue weighted by atomic mass is 10.2. The Morgan fingerprint density at radius 3 is 2.83 bits per heavy atom. The summed E-state index contributed by atoms with van der Waals surface area (Å²) in [5.41, 5.74) is 0.962. The van der Waals surface area contributed by atoms with Gasteiger partial charge in [-0.2, -0.15) is 5.10 Å². The molecule has 3 aromatic rings. The highest BCUT2D eigenvalue weighted by Gasteiger charge is 2.10. The van der Waals surface area contributed by atoms with Crippen LogP contribution in [0.15, 0.2) is 57.9 Å². The summed E-state index contributed by atoms with van der Waals surface area (Å²) in [6.45, 7) is 1.04. The van der Waals surface area contributed by atoms with Crippen LogP contribution in [0, 0.1) is 0 Å². The maximum Gasteiger partial charge on any atom is 0.275 e. The van der Waals surface area contributed by atoms with Crippen molar-refractivity contribution in [3.63, 3.8) is 0 Å². The van der Waals surface area contributed by atoms with E-state index in [1.54, 1.807) is 13.3 Å². The summed E-state index contributed by atoms with van der Waals surface area (Å²) in [6.07, 6.45) is 1.73. The summed E-state index contributed by atoms with van der Waals surface area (Å²) in [7, 11) is 3.60. The molecule has 0 N–H and O–H groups in total. The van der Waals surface area contributed by atoms with Gasteiger partial charge in [0.2, 0.25) is 0 Å². The van der Waals surface area contributed by atoms with E-state index >= 15 is 0 Å². The van der Waals surface area contributed by atoms with E-state index in [-0.39, 0.29) is 5.56 Å². The highest BCUT2D eigenvalue weighted by atomic mass is 79.9. The quantitative estimate of drug-likeness (QED) is 0.673. The van der Waals surface area contributed by atoms with Gasteiger partial charge in [-0.25, -0.2) is 4.68 Å². The van der Waals surface area contributed by atoms with Gasteiger partial charge in [-0.05, 0) is 31.3 Å². The van der Waals surface area contributed by atoms with Crippen molar-refractivity contribution in [3.05, 3.63) is 69.1 Å². The van der Waals surface area contributed by atoms with E-state index in [2.05, 4.69) is 21.0 Å². The third-order valence-electron chi connectivity index (χ3n) is 3.82. The number of benzene rings is 2. The number of halogens is 1. The molecule has 0 fully saturated rings. The molecule has 0 saturated heterocycles. The second-order valence-corrected chi connectivity index (χ2v) is 6.56. The van der Waals surface area contributed by atoms with Crippen LogP contribution in [0.5, 0.6) is 5.75 Å². The average Bonchev–Trinajstić information content (AvgIpc) is 2.58. The van der Waals surface area contributed by atoms with Crippen molar-refractivity contribution >= 4 is 26.7 Å². The summed E-state index contributed by atoms with van der Waals surface area (Å²) >= 11 is 3.48. The number of aromatic nitrogens is 2. The van der Waals surface area contributed by atoms with E-state index in [1.807, 2.05) is 54.4 Å². The predicted octanol–water partition coefficient (Wildman–Crippen LogP) is 3.26. The lowest BCUT2D eigenvalue weighted by Crippen LogP contribution is -2.31. The number of hydrogen-bond acceptors (Lipinski definition) is 4. The molecule has 0 aliphatic carbocycles. The molecule has 0 bridgehead atoms. The monoisotopic (exact) mass is 387 g/mol. The SMILES string of the molecule is COc1ccc(Br)cc1CN(C)Cn1ncc2ccccc2c1=O. The Hall–Kier alpha value is -2.18. The highest BCUT2D eigenvalue weighted by molar-refractivity contribution is 9.10. The average molecular weight is 388 g/mol. The normalized spacial score (nSPS) is 11.2. The van der Waals surface area contributed by atoms with Gasteiger partial charge in [-0.15, -0.1) is 0 Å². The van der Waals surface area contributed by atoms with Crippen molar-refractivity contribution in [3.8, 4) is 5.75 Å². The lowest BCUT2D eigenvalue weighted by molar-refractivity contribution is 0.237. The van der Waals surface area contributed by atoms with Crippen LogP contribution in [0.4, 0.5) is 0 Å².